The Morgan fingerprint density at radius 2 is 2.17 bits per heavy atom. The number of hydrogen-bond donors (Lipinski definition) is 1. The van der Waals surface area contributed by atoms with Crippen molar-refractivity contribution in [2.75, 3.05) is 5.32 Å². The van der Waals surface area contributed by atoms with Gasteiger partial charge >= 0.3 is 0 Å². The molecule has 24 heavy (non-hydrogen) atoms. The van der Waals surface area contributed by atoms with Crippen LogP contribution in [0.1, 0.15) is 6.92 Å². The van der Waals surface area contributed by atoms with E-state index in [9.17, 15) is 4.79 Å². The van der Waals surface area contributed by atoms with Gasteiger partial charge in [0.2, 0.25) is 5.91 Å². The predicted octanol–water partition coefficient (Wildman–Crippen LogP) is 3.85. The first kappa shape index (κ1) is 16.6. The van der Waals surface area contributed by atoms with Crippen molar-refractivity contribution in [3.8, 4) is 11.6 Å². The molecule has 0 saturated heterocycles. The number of carbonyl (C=O) groups is 1. The van der Waals surface area contributed by atoms with Crippen molar-refractivity contribution in [1.82, 2.24) is 14.8 Å². The average molecular weight is 363 g/mol. The minimum atomic E-state index is -0.351. The number of rotatable bonds is 5. The lowest BCUT2D eigenvalue weighted by molar-refractivity contribution is -0.115. The molecular weight excluding hydrogens is 348 g/mol. The molecule has 1 atom stereocenters. The number of nitrogens with one attached hydrogen (secondary N) is 1. The number of hydrogen-bond acceptors (Lipinski definition) is 5. The van der Waals surface area contributed by atoms with E-state index >= 15 is 0 Å². The van der Waals surface area contributed by atoms with Gasteiger partial charge in [0, 0.05) is 17.8 Å². The van der Waals surface area contributed by atoms with E-state index in [-0.39, 0.29) is 11.2 Å². The molecule has 0 aliphatic rings. The van der Waals surface area contributed by atoms with Gasteiger partial charge in [-0.2, -0.15) is 0 Å². The van der Waals surface area contributed by atoms with Gasteiger partial charge in [0.05, 0.1) is 11.5 Å². The molecule has 1 amide bonds. The van der Waals surface area contributed by atoms with Gasteiger partial charge in [-0.05, 0) is 37.3 Å². The SMILES string of the molecule is C[C@@H](Sc1nnc(-c2ccco2)n1C)C(=O)Nc1cccc(Cl)c1. The molecule has 0 bridgehead atoms. The molecule has 124 valence electrons. The fourth-order valence-corrected chi connectivity index (χ4v) is 3.06. The summed E-state index contributed by atoms with van der Waals surface area (Å²) in [5.74, 6) is 1.11. The number of carbonyl (C=O) groups excluding carboxylic acids is 1. The molecule has 6 nitrogen and oxygen atoms in total. The number of furan rings is 1. The van der Waals surface area contributed by atoms with E-state index in [1.54, 1.807) is 41.2 Å². The average Bonchev–Trinajstić information content (AvgIpc) is 3.18. The van der Waals surface area contributed by atoms with E-state index in [0.29, 0.717) is 27.5 Å². The van der Waals surface area contributed by atoms with Crippen molar-refractivity contribution in [3.05, 3.63) is 47.7 Å². The quantitative estimate of drug-likeness (QED) is 0.698. The second kappa shape index (κ2) is 7.11. The number of nitrogens with zero attached hydrogens (tertiary/aromatic N) is 3. The zero-order valence-electron chi connectivity index (χ0n) is 13.1. The van der Waals surface area contributed by atoms with Crippen molar-refractivity contribution in [2.45, 2.75) is 17.3 Å². The third-order valence-corrected chi connectivity index (χ3v) is 4.69. The fraction of sp³-hybridized carbons (Fsp3) is 0.188. The highest BCUT2D eigenvalue weighted by Gasteiger charge is 2.20. The molecular formula is C16H15ClN4O2S. The van der Waals surface area contributed by atoms with Crippen molar-refractivity contribution in [1.29, 1.82) is 0 Å². The summed E-state index contributed by atoms with van der Waals surface area (Å²) in [7, 11) is 1.84. The Morgan fingerprint density at radius 3 is 2.88 bits per heavy atom. The second-order valence-corrected chi connectivity index (χ2v) is 6.85. The van der Waals surface area contributed by atoms with Crippen LogP contribution in [0.4, 0.5) is 5.69 Å². The zero-order valence-corrected chi connectivity index (χ0v) is 14.6. The van der Waals surface area contributed by atoms with Gasteiger partial charge in [0.15, 0.2) is 16.7 Å². The van der Waals surface area contributed by atoms with Gasteiger partial charge in [-0.25, -0.2) is 0 Å². The molecule has 0 fully saturated rings. The highest BCUT2D eigenvalue weighted by Crippen LogP contribution is 2.26. The van der Waals surface area contributed by atoms with E-state index < -0.39 is 0 Å². The Labute approximate surface area is 148 Å². The highest BCUT2D eigenvalue weighted by atomic mass is 35.5. The number of benzene rings is 1. The molecule has 0 spiro atoms. The molecule has 0 unspecified atom stereocenters. The number of halogens is 1. The molecule has 3 rings (SSSR count). The summed E-state index contributed by atoms with van der Waals surface area (Å²) >= 11 is 7.25. The largest absolute Gasteiger partial charge is 0.461 e. The molecule has 8 heteroatoms. The molecule has 1 aromatic carbocycles. The first-order valence-corrected chi connectivity index (χ1v) is 8.46. The monoisotopic (exact) mass is 362 g/mol. The normalized spacial score (nSPS) is 12.1. The summed E-state index contributed by atoms with van der Waals surface area (Å²) in [6.07, 6.45) is 1.58. The van der Waals surface area contributed by atoms with E-state index in [2.05, 4.69) is 15.5 Å². The summed E-state index contributed by atoms with van der Waals surface area (Å²) in [6, 6.07) is 10.6. The van der Waals surface area contributed by atoms with E-state index in [0.717, 1.165) is 0 Å². The van der Waals surface area contributed by atoms with Crippen LogP contribution >= 0.6 is 23.4 Å². The molecule has 0 saturated carbocycles. The lowest BCUT2D eigenvalue weighted by Gasteiger charge is -2.11. The molecule has 0 radical (unpaired) electrons. The van der Waals surface area contributed by atoms with Gasteiger partial charge in [-0.1, -0.05) is 29.4 Å². The Kier molecular flexibility index (Phi) is 4.92. The van der Waals surface area contributed by atoms with E-state index in [4.69, 9.17) is 16.0 Å². The molecule has 3 aromatic rings. The maximum absolute atomic E-state index is 12.3. The first-order valence-electron chi connectivity index (χ1n) is 7.21. The predicted molar refractivity (Wildman–Crippen MR) is 94.1 cm³/mol. The van der Waals surface area contributed by atoms with Crippen LogP contribution in [-0.2, 0) is 11.8 Å². The van der Waals surface area contributed by atoms with Crippen LogP contribution in [0.25, 0.3) is 11.6 Å². The number of amides is 1. The second-order valence-electron chi connectivity index (χ2n) is 5.10. The third kappa shape index (κ3) is 3.63. The van der Waals surface area contributed by atoms with E-state index in [1.165, 1.54) is 11.8 Å². The number of anilines is 1. The molecule has 0 aliphatic heterocycles. The van der Waals surface area contributed by atoms with Crippen molar-refractivity contribution >= 4 is 35.0 Å². The van der Waals surface area contributed by atoms with Crippen molar-refractivity contribution in [2.24, 2.45) is 7.05 Å². The number of thioether (sulfide) groups is 1. The van der Waals surface area contributed by atoms with Gasteiger partial charge in [-0.15, -0.1) is 10.2 Å². The van der Waals surface area contributed by atoms with Crippen LogP contribution in [-0.4, -0.2) is 25.9 Å². The smallest absolute Gasteiger partial charge is 0.237 e. The molecule has 2 aromatic heterocycles. The minimum absolute atomic E-state index is 0.134. The van der Waals surface area contributed by atoms with Crippen LogP contribution in [0.3, 0.4) is 0 Å². The van der Waals surface area contributed by atoms with Gasteiger partial charge in [-0.3, -0.25) is 4.79 Å². The minimum Gasteiger partial charge on any atom is -0.461 e. The zero-order chi connectivity index (χ0) is 17.1. The van der Waals surface area contributed by atoms with Gasteiger partial charge in [0.25, 0.3) is 0 Å². The van der Waals surface area contributed by atoms with Crippen molar-refractivity contribution < 1.29 is 9.21 Å². The molecule has 1 N–H and O–H groups in total. The van der Waals surface area contributed by atoms with Crippen LogP contribution in [0, 0.1) is 0 Å². The summed E-state index contributed by atoms with van der Waals surface area (Å²) in [4.78, 5) is 12.3. The third-order valence-electron chi connectivity index (χ3n) is 3.32. The summed E-state index contributed by atoms with van der Waals surface area (Å²) in [5.41, 5.74) is 0.661. The molecule has 2 heterocycles. The Bertz CT molecular complexity index is 848. The van der Waals surface area contributed by atoms with Crippen molar-refractivity contribution in [3.63, 3.8) is 0 Å². The van der Waals surface area contributed by atoms with Gasteiger partial charge in [0.1, 0.15) is 0 Å². The topological polar surface area (TPSA) is 73.0 Å². The fourth-order valence-electron chi connectivity index (χ4n) is 2.06. The van der Waals surface area contributed by atoms with Crippen LogP contribution < -0.4 is 5.32 Å². The Hall–Kier alpha value is -2.25. The van der Waals surface area contributed by atoms with Crippen LogP contribution in [0.5, 0.6) is 0 Å². The number of aromatic nitrogens is 3. The highest BCUT2D eigenvalue weighted by molar-refractivity contribution is 8.00. The Balaban J connectivity index is 1.68. The summed E-state index contributed by atoms with van der Waals surface area (Å²) in [6.45, 7) is 1.81. The van der Waals surface area contributed by atoms with Crippen LogP contribution in [0.2, 0.25) is 5.02 Å². The van der Waals surface area contributed by atoms with Crippen LogP contribution in [0.15, 0.2) is 52.2 Å². The summed E-state index contributed by atoms with van der Waals surface area (Å²) in [5, 5.41) is 11.9. The first-order chi connectivity index (χ1) is 11.5. The van der Waals surface area contributed by atoms with Gasteiger partial charge < -0.3 is 14.3 Å². The maximum Gasteiger partial charge on any atom is 0.237 e. The van der Waals surface area contributed by atoms with E-state index in [1.807, 2.05) is 20.0 Å². The lowest BCUT2D eigenvalue weighted by atomic mass is 10.3. The maximum atomic E-state index is 12.3. The lowest BCUT2D eigenvalue weighted by Crippen LogP contribution is -2.22. The summed E-state index contributed by atoms with van der Waals surface area (Å²) < 4.78 is 7.13. The Morgan fingerprint density at radius 1 is 1.33 bits per heavy atom. The molecule has 0 aliphatic carbocycles. The standard InChI is InChI=1S/C16H15ClN4O2S/c1-10(15(22)18-12-6-3-5-11(17)9-12)24-16-20-19-14(21(16)2)13-7-4-8-23-13/h3-10H,1-2H3,(H,18,22)/t10-/m1/s1.